The summed E-state index contributed by atoms with van der Waals surface area (Å²) in [4.78, 5) is 2.64. The Morgan fingerprint density at radius 3 is 2.42 bits per heavy atom. The van der Waals surface area contributed by atoms with E-state index in [1.165, 1.54) is 38.6 Å². The van der Waals surface area contributed by atoms with Gasteiger partial charge in [0.05, 0.1) is 6.61 Å². The molecule has 3 heteroatoms. The van der Waals surface area contributed by atoms with E-state index in [-0.39, 0.29) is 12.1 Å². The largest absolute Gasteiger partial charge is 0.394 e. The number of rotatable bonds is 9. The van der Waals surface area contributed by atoms with E-state index in [2.05, 4.69) is 37.9 Å². The van der Waals surface area contributed by atoms with Gasteiger partial charge in [-0.2, -0.15) is 0 Å². The summed E-state index contributed by atoms with van der Waals surface area (Å²) < 4.78 is 0. The van der Waals surface area contributed by atoms with Crippen molar-refractivity contribution in [2.24, 2.45) is 0 Å². The van der Waals surface area contributed by atoms with Gasteiger partial charge < -0.3 is 15.3 Å². The Morgan fingerprint density at radius 1 is 1.32 bits per heavy atom. The van der Waals surface area contributed by atoms with Gasteiger partial charge in [-0.25, -0.2) is 0 Å². The van der Waals surface area contributed by atoms with Crippen LogP contribution in [-0.4, -0.2) is 47.3 Å². The Hall–Kier alpha value is -0.120. The number of nitrogens with one attached hydrogen (secondary N) is 1. The molecule has 1 unspecified atom stereocenters. The van der Waals surface area contributed by atoms with Crippen LogP contribution in [0.5, 0.6) is 0 Å². The molecule has 0 spiro atoms. The average Bonchev–Trinajstić information content (AvgIpc) is 2.87. The van der Waals surface area contributed by atoms with Gasteiger partial charge in [-0.1, -0.05) is 33.6 Å². The molecule has 0 aliphatic heterocycles. The highest BCUT2D eigenvalue weighted by Crippen LogP contribution is 2.24. The van der Waals surface area contributed by atoms with E-state index in [9.17, 15) is 5.11 Å². The minimum absolute atomic E-state index is 0.122. The van der Waals surface area contributed by atoms with Gasteiger partial charge in [-0.05, 0) is 45.7 Å². The fraction of sp³-hybridized carbons (Fsp3) is 1.00. The summed E-state index contributed by atoms with van der Waals surface area (Å²) in [5.74, 6) is 0. The third-order valence-corrected chi connectivity index (χ3v) is 4.41. The minimum Gasteiger partial charge on any atom is -0.394 e. The maximum Gasteiger partial charge on any atom is 0.0610 e. The van der Waals surface area contributed by atoms with Crippen LogP contribution in [0, 0.1) is 0 Å². The van der Waals surface area contributed by atoms with Gasteiger partial charge in [0.1, 0.15) is 0 Å². The molecule has 3 nitrogen and oxygen atoms in total. The van der Waals surface area contributed by atoms with Crippen LogP contribution in [0.3, 0.4) is 0 Å². The normalized spacial score (nSPS) is 20.4. The monoisotopic (exact) mass is 270 g/mol. The summed E-state index contributed by atoms with van der Waals surface area (Å²) in [6.07, 6.45) is 7.80. The minimum atomic E-state index is -0.122. The van der Waals surface area contributed by atoms with E-state index >= 15 is 0 Å². The van der Waals surface area contributed by atoms with Gasteiger partial charge in [0, 0.05) is 17.6 Å². The van der Waals surface area contributed by atoms with Gasteiger partial charge >= 0.3 is 0 Å². The van der Waals surface area contributed by atoms with Crippen LogP contribution in [-0.2, 0) is 0 Å². The van der Waals surface area contributed by atoms with Crippen LogP contribution in [0.4, 0.5) is 0 Å². The molecule has 0 bridgehead atoms. The third-order valence-electron chi connectivity index (χ3n) is 4.41. The third kappa shape index (κ3) is 5.80. The number of aliphatic hydroxyl groups is 1. The van der Waals surface area contributed by atoms with E-state index in [1.807, 2.05) is 0 Å². The first-order valence-electron chi connectivity index (χ1n) is 8.13. The van der Waals surface area contributed by atoms with Crippen molar-refractivity contribution in [3.63, 3.8) is 0 Å². The molecule has 0 radical (unpaired) electrons. The molecular weight excluding hydrogens is 236 g/mol. The van der Waals surface area contributed by atoms with E-state index < -0.39 is 0 Å². The number of nitrogens with zero attached hydrogens (tertiary/aromatic N) is 1. The van der Waals surface area contributed by atoms with Gasteiger partial charge in [0.2, 0.25) is 0 Å². The molecule has 0 heterocycles. The second-order valence-electron chi connectivity index (χ2n) is 6.69. The molecule has 0 aromatic rings. The fourth-order valence-electron chi connectivity index (χ4n) is 3.43. The first-order chi connectivity index (χ1) is 9.00. The molecular formula is C16H34N2O. The SMILES string of the molecule is CCN(CCCC(C)(CO)NC(C)C)C1CCCC1. The fourth-order valence-corrected chi connectivity index (χ4v) is 3.43. The van der Waals surface area contributed by atoms with Gasteiger partial charge in [-0.3, -0.25) is 0 Å². The summed E-state index contributed by atoms with van der Waals surface area (Å²) in [5.41, 5.74) is -0.122. The summed E-state index contributed by atoms with van der Waals surface area (Å²) in [7, 11) is 0. The van der Waals surface area contributed by atoms with Crippen molar-refractivity contribution in [3.05, 3.63) is 0 Å². The Morgan fingerprint density at radius 2 is 1.95 bits per heavy atom. The zero-order valence-electron chi connectivity index (χ0n) is 13.4. The molecule has 1 saturated carbocycles. The standard InChI is InChI=1S/C16H34N2O/c1-5-18(15-9-6-7-10-15)12-8-11-16(4,13-19)17-14(2)3/h14-15,17,19H,5-13H2,1-4H3. The van der Waals surface area contributed by atoms with E-state index in [0.29, 0.717) is 6.04 Å². The lowest BCUT2D eigenvalue weighted by atomic mass is 9.95. The van der Waals surface area contributed by atoms with Crippen molar-refractivity contribution in [2.45, 2.75) is 83.8 Å². The van der Waals surface area contributed by atoms with Crippen molar-refractivity contribution in [3.8, 4) is 0 Å². The maximum absolute atomic E-state index is 9.59. The molecule has 1 atom stereocenters. The van der Waals surface area contributed by atoms with Crippen molar-refractivity contribution in [2.75, 3.05) is 19.7 Å². The predicted octanol–water partition coefficient (Wildman–Crippen LogP) is 2.78. The molecule has 114 valence electrons. The second-order valence-corrected chi connectivity index (χ2v) is 6.69. The summed E-state index contributed by atoms with van der Waals surface area (Å²) >= 11 is 0. The van der Waals surface area contributed by atoms with Crippen LogP contribution >= 0.6 is 0 Å². The zero-order valence-corrected chi connectivity index (χ0v) is 13.4. The zero-order chi connectivity index (χ0) is 14.3. The molecule has 0 aromatic heterocycles. The quantitative estimate of drug-likeness (QED) is 0.676. The van der Waals surface area contributed by atoms with E-state index in [0.717, 1.165) is 19.0 Å². The topological polar surface area (TPSA) is 35.5 Å². The van der Waals surface area contributed by atoms with Crippen molar-refractivity contribution < 1.29 is 5.11 Å². The molecule has 2 N–H and O–H groups in total. The highest BCUT2D eigenvalue weighted by Gasteiger charge is 2.25. The van der Waals surface area contributed by atoms with E-state index in [4.69, 9.17) is 0 Å². The smallest absolute Gasteiger partial charge is 0.0610 e. The highest BCUT2D eigenvalue weighted by atomic mass is 16.3. The lowest BCUT2D eigenvalue weighted by Gasteiger charge is -2.33. The van der Waals surface area contributed by atoms with Crippen LogP contribution in [0.1, 0.15) is 66.2 Å². The molecule has 19 heavy (non-hydrogen) atoms. The van der Waals surface area contributed by atoms with Crippen molar-refractivity contribution >= 4 is 0 Å². The summed E-state index contributed by atoms with van der Waals surface area (Å²) in [6, 6.07) is 1.25. The predicted molar refractivity (Wildman–Crippen MR) is 82.5 cm³/mol. The van der Waals surface area contributed by atoms with E-state index in [1.54, 1.807) is 0 Å². The molecule has 0 aromatic carbocycles. The molecule has 1 fully saturated rings. The molecule has 1 aliphatic rings. The lowest BCUT2D eigenvalue weighted by molar-refractivity contribution is 0.141. The lowest BCUT2D eigenvalue weighted by Crippen LogP contribution is -2.49. The van der Waals surface area contributed by atoms with Crippen LogP contribution in [0.25, 0.3) is 0 Å². The highest BCUT2D eigenvalue weighted by molar-refractivity contribution is 4.85. The van der Waals surface area contributed by atoms with Gasteiger partial charge in [0.25, 0.3) is 0 Å². The first-order valence-corrected chi connectivity index (χ1v) is 8.13. The Labute approximate surface area is 119 Å². The molecule has 0 saturated heterocycles. The van der Waals surface area contributed by atoms with Crippen LogP contribution < -0.4 is 5.32 Å². The molecule has 1 rings (SSSR count). The van der Waals surface area contributed by atoms with Crippen LogP contribution in [0.15, 0.2) is 0 Å². The number of hydrogen-bond donors (Lipinski definition) is 2. The Balaban J connectivity index is 2.33. The van der Waals surface area contributed by atoms with Gasteiger partial charge in [0.15, 0.2) is 0 Å². The Kier molecular flexibility index (Phi) is 7.33. The average molecular weight is 270 g/mol. The summed E-state index contributed by atoms with van der Waals surface area (Å²) in [6.45, 7) is 11.3. The second kappa shape index (κ2) is 8.23. The first kappa shape index (κ1) is 16.9. The Bertz CT molecular complexity index is 239. The van der Waals surface area contributed by atoms with Crippen molar-refractivity contribution in [1.82, 2.24) is 10.2 Å². The molecule has 1 aliphatic carbocycles. The molecule has 0 amide bonds. The maximum atomic E-state index is 9.59. The van der Waals surface area contributed by atoms with Crippen LogP contribution in [0.2, 0.25) is 0 Å². The summed E-state index contributed by atoms with van der Waals surface area (Å²) in [5, 5.41) is 13.1. The van der Waals surface area contributed by atoms with Gasteiger partial charge in [-0.15, -0.1) is 0 Å². The number of hydrogen-bond acceptors (Lipinski definition) is 3. The van der Waals surface area contributed by atoms with Crippen molar-refractivity contribution in [1.29, 1.82) is 0 Å². The number of aliphatic hydroxyl groups excluding tert-OH is 1.